The van der Waals surface area contributed by atoms with Crippen LogP contribution in [0.4, 0.5) is 0 Å². The smallest absolute Gasteiger partial charge is 0.240 e. The van der Waals surface area contributed by atoms with E-state index in [1.807, 2.05) is 12.1 Å². The van der Waals surface area contributed by atoms with E-state index < -0.39 is 10.0 Å². The van der Waals surface area contributed by atoms with Gasteiger partial charge in [-0.3, -0.25) is 0 Å². The van der Waals surface area contributed by atoms with Crippen LogP contribution in [-0.2, 0) is 20.2 Å². The Kier molecular flexibility index (Phi) is 4.72. The number of ether oxygens (including phenoxy) is 1. The predicted octanol–water partition coefficient (Wildman–Crippen LogP) is 1.25. The summed E-state index contributed by atoms with van der Waals surface area (Å²) in [4.78, 5) is 0.289. The SMILES string of the molecule is CO[C@H]1CNC[C@@H]1NS(=O)(=O)c1ccc(C(C)(C)C)cc1. The van der Waals surface area contributed by atoms with Crippen LogP contribution in [0.3, 0.4) is 0 Å². The monoisotopic (exact) mass is 312 g/mol. The third-order valence-electron chi connectivity index (χ3n) is 3.80. The van der Waals surface area contributed by atoms with Crippen molar-refractivity contribution in [1.29, 1.82) is 0 Å². The molecular weight excluding hydrogens is 288 g/mol. The maximum Gasteiger partial charge on any atom is 0.240 e. The molecule has 1 saturated heterocycles. The lowest BCUT2D eigenvalue weighted by molar-refractivity contribution is 0.103. The van der Waals surface area contributed by atoms with Gasteiger partial charge in [0.05, 0.1) is 17.0 Å². The first-order valence-electron chi connectivity index (χ1n) is 7.10. The van der Waals surface area contributed by atoms with Gasteiger partial charge in [0.25, 0.3) is 0 Å². The van der Waals surface area contributed by atoms with Crippen molar-refractivity contribution in [3.05, 3.63) is 29.8 Å². The average Bonchev–Trinajstić information content (AvgIpc) is 2.84. The van der Waals surface area contributed by atoms with Crippen LogP contribution in [0, 0.1) is 0 Å². The van der Waals surface area contributed by atoms with E-state index in [0.717, 1.165) is 5.56 Å². The number of sulfonamides is 1. The summed E-state index contributed by atoms with van der Waals surface area (Å²) in [5.41, 5.74) is 1.12. The average molecular weight is 312 g/mol. The zero-order valence-corrected chi connectivity index (χ0v) is 13.8. The zero-order chi connectivity index (χ0) is 15.7. The molecule has 0 unspecified atom stereocenters. The Morgan fingerprint density at radius 3 is 2.33 bits per heavy atom. The van der Waals surface area contributed by atoms with E-state index in [4.69, 9.17) is 4.74 Å². The molecule has 6 heteroatoms. The van der Waals surface area contributed by atoms with Crippen molar-refractivity contribution < 1.29 is 13.2 Å². The van der Waals surface area contributed by atoms with E-state index in [-0.39, 0.29) is 22.5 Å². The Balaban J connectivity index is 2.16. The fourth-order valence-corrected chi connectivity index (χ4v) is 3.69. The van der Waals surface area contributed by atoms with Gasteiger partial charge in [0.2, 0.25) is 10.0 Å². The van der Waals surface area contributed by atoms with Crippen molar-refractivity contribution in [2.75, 3.05) is 20.2 Å². The summed E-state index contributed by atoms with van der Waals surface area (Å²) in [6, 6.07) is 6.83. The number of rotatable bonds is 4. The minimum absolute atomic E-state index is 0.00619. The highest BCUT2D eigenvalue weighted by Crippen LogP contribution is 2.23. The first-order valence-corrected chi connectivity index (χ1v) is 8.59. The summed E-state index contributed by atoms with van der Waals surface area (Å²) in [5.74, 6) is 0. The molecule has 2 rings (SSSR count). The zero-order valence-electron chi connectivity index (χ0n) is 13.0. The van der Waals surface area contributed by atoms with Crippen LogP contribution in [0.5, 0.6) is 0 Å². The van der Waals surface area contributed by atoms with E-state index in [1.165, 1.54) is 0 Å². The third kappa shape index (κ3) is 3.83. The number of nitrogens with one attached hydrogen (secondary N) is 2. The molecule has 1 aliphatic rings. The summed E-state index contributed by atoms with van der Waals surface area (Å²) in [7, 11) is -1.92. The predicted molar refractivity (Wildman–Crippen MR) is 82.9 cm³/mol. The molecule has 1 aliphatic heterocycles. The standard InChI is InChI=1S/C15H24N2O3S/c1-15(2,3)11-5-7-12(8-6-11)21(18,19)17-13-9-16-10-14(13)20-4/h5-8,13-14,16-17H,9-10H2,1-4H3/t13-,14-/m0/s1. The summed E-state index contributed by atoms with van der Waals surface area (Å²) in [6.07, 6.45) is -0.131. The molecule has 118 valence electrons. The number of methoxy groups -OCH3 is 1. The first kappa shape index (κ1) is 16.4. The van der Waals surface area contributed by atoms with Gasteiger partial charge >= 0.3 is 0 Å². The largest absolute Gasteiger partial charge is 0.378 e. The second kappa shape index (κ2) is 6.04. The molecule has 2 N–H and O–H groups in total. The van der Waals surface area contributed by atoms with Crippen molar-refractivity contribution in [3.8, 4) is 0 Å². The fourth-order valence-electron chi connectivity index (χ4n) is 2.42. The maximum atomic E-state index is 12.4. The van der Waals surface area contributed by atoms with Gasteiger partial charge in [0.15, 0.2) is 0 Å². The van der Waals surface area contributed by atoms with Crippen molar-refractivity contribution in [1.82, 2.24) is 10.0 Å². The maximum absolute atomic E-state index is 12.4. The van der Waals surface area contributed by atoms with Gasteiger partial charge in [-0.1, -0.05) is 32.9 Å². The molecule has 0 bridgehead atoms. The van der Waals surface area contributed by atoms with Crippen LogP contribution >= 0.6 is 0 Å². The van der Waals surface area contributed by atoms with E-state index in [1.54, 1.807) is 19.2 Å². The third-order valence-corrected chi connectivity index (χ3v) is 5.30. The van der Waals surface area contributed by atoms with Crippen molar-refractivity contribution >= 4 is 10.0 Å². The number of hydrogen-bond acceptors (Lipinski definition) is 4. The highest BCUT2D eigenvalue weighted by molar-refractivity contribution is 7.89. The topological polar surface area (TPSA) is 67.4 Å². The molecule has 21 heavy (non-hydrogen) atoms. The summed E-state index contributed by atoms with van der Waals surface area (Å²) < 4.78 is 32.8. The fraction of sp³-hybridized carbons (Fsp3) is 0.600. The van der Waals surface area contributed by atoms with E-state index in [9.17, 15) is 8.42 Å². The number of benzene rings is 1. The molecule has 1 aromatic carbocycles. The molecule has 1 fully saturated rings. The molecule has 2 atom stereocenters. The lowest BCUT2D eigenvalue weighted by Gasteiger charge is -2.20. The highest BCUT2D eigenvalue weighted by atomic mass is 32.2. The van der Waals surface area contributed by atoms with Gasteiger partial charge in [-0.15, -0.1) is 0 Å². The Morgan fingerprint density at radius 1 is 1.19 bits per heavy atom. The first-order chi connectivity index (χ1) is 9.74. The minimum Gasteiger partial charge on any atom is -0.378 e. The van der Waals surface area contributed by atoms with Gasteiger partial charge in [-0.25, -0.2) is 13.1 Å². The molecule has 0 radical (unpaired) electrons. The van der Waals surface area contributed by atoms with E-state index in [2.05, 4.69) is 30.8 Å². The molecule has 0 aromatic heterocycles. The molecule has 0 amide bonds. The molecule has 0 aliphatic carbocycles. The highest BCUT2D eigenvalue weighted by Gasteiger charge is 2.31. The summed E-state index contributed by atoms with van der Waals surface area (Å²) in [6.45, 7) is 7.54. The van der Waals surface area contributed by atoms with Gasteiger partial charge < -0.3 is 10.1 Å². The Morgan fingerprint density at radius 2 is 1.81 bits per heavy atom. The van der Waals surface area contributed by atoms with Crippen LogP contribution in [0.2, 0.25) is 0 Å². The second-order valence-corrected chi connectivity index (χ2v) is 8.15. The van der Waals surface area contributed by atoms with Crippen LogP contribution < -0.4 is 10.0 Å². The van der Waals surface area contributed by atoms with Gasteiger partial charge in [0, 0.05) is 20.2 Å². The molecule has 0 spiro atoms. The summed E-state index contributed by atoms with van der Waals surface area (Å²) >= 11 is 0. The Bertz CT molecular complexity index is 576. The van der Waals surface area contributed by atoms with Crippen LogP contribution in [-0.4, -0.2) is 40.8 Å². The molecule has 0 saturated carbocycles. The normalized spacial score (nSPS) is 23.4. The second-order valence-electron chi connectivity index (χ2n) is 6.43. The molecular formula is C15H24N2O3S. The van der Waals surface area contributed by atoms with Gasteiger partial charge in [-0.05, 0) is 23.1 Å². The van der Waals surface area contributed by atoms with E-state index in [0.29, 0.717) is 13.1 Å². The molecule has 1 heterocycles. The summed E-state index contributed by atoms with van der Waals surface area (Å²) in [5, 5.41) is 3.12. The lowest BCUT2D eigenvalue weighted by Crippen LogP contribution is -2.43. The lowest BCUT2D eigenvalue weighted by atomic mass is 9.87. The molecule has 1 aromatic rings. The Labute approximate surface area is 127 Å². The minimum atomic E-state index is -3.52. The van der Waals surface area contributed by atoms with Crippen molar-refractivity contribution in [2.24, 2.45) is 0 Å². The number of hydrogen-bond donors (Lipinski definition) is 2. The van der Waals surface area contributed by atoms with Crippen molar-refractivity contribution in [3.63, 3.8) is 0 Å². The van der Waals surface area contributed by atoms with Crippen LogP contribution in [0.1, 0.15) is 26.3 Å². The van der Waals surface area contributed by atoms with Gasteiger partial charge in [0.1, 0.15) is 0 Å². The Hall–Kier alpha value is -0.950. The van der Waals surface area contributed by atoms with E-state index >= 15 is 0 Å². The van der Waals surface area contributed by atoms with Gasteiger partial charge in [-0.2, -0.15) is 0 Å². The van der Waals surface area contributed by atoms with Crippen LogP contribution in [0.25, 0.3) is 0 Å². The van der Waals surface area contributed by atoms with Crippen LogP contribution in [0.15, 0.2) is 29.2 Å². The van der Waals surface area contributed by atoms with Crippen molar-refractivity contribution in [2.45, 2.75) is 43.2 Å². The molecule has 5 nitrogen and oxygen atoms in total. The quantitative estimate of drug-likeness (QED) is 0.878.